The van der Waals surface area contributed by atoms with Crippen LogP contribution in [0.2, 0.25) is 0 Å². The van der Waals surface area contributed by atoms with E-state index in [0.717, 1.165) is 6.54 Å². The van der Waals surface area contributed by atoms with Gasteiger partial charge in [0.2, 0.25) is 5.91 Å². The molecule has 2 atom stereocenters. The second-order valence-corrected chi connectivity index (χ2v) is 8.14. The van der Waals surface area contributed by atoms with Gasteiger partial charge in [0.15, 0.2) is 5.82 Å². The number of aromatic nitrogens is 2. The first kappa shape index (κ1) is 19.8. The quantitative estimate of drug-likeness (QED) is 0.814. The lowest BCUT2D eigenvalue weighted by Gasteiger charge is -2.38. The van der Waals surface area contributed by atoms with Gasteiger partial charge >= 0.3 is 6.03 Å². The van der Waals surface area contributed by atoms with Gasteiger partial charge in [-0.15, -0.1) is 0 Å². The highest BCUT2D eigenvalue weighted by Gasteiger charge is 2.33. The van der Waals surface area contributed by atoms with Crippen molar-refractivity contribution in [3.05, 3.63) is 23.5 Å². The summed E-state index contributed by atoms with van der Waals surface area (Å²) in [6, 6.07) is 2.90. The molecule has 2 aromatic rings. The first-order valence-corrected chi connectivity index (χ1v) is 9.96. The number of rotatable bonds is 3. The van der Waals surface area contributed by atoms with E-state index in [1.807, 2.05) is 0 Å². The van der Waals surface area contributed by atoms with Crippen LogP contribution in [0.4, 0.5) is 15.0 Å². The zero-order valence-electron chi connectivity index (χ0n) is 16.9. The van der Waals surface area contributed by atoms with Gasteiger partial charge in [0.05, 0.1) is 11.6 Å². The Kier molecular flexibility index (Phi) is 5.04. The summed E-state index contributed by atoms with van der Waals surface area (Å²) in [7, 11) is 1.73. The molecule has 0 spiro atoms. The molecule has 2 saturated heterocycles. The Hall–Kier alpha value is -2.52. The van der Waals surface area contributed by atoms with Crippen LogP contribution >= 0.6 is 0 Å². The molecule has 3 heterocycles. The Morgan fingerprint density at radius 3 is 2.69 bits per heavy atom. The number of imide groups is 1. The Bertz CT molecular complexity index is 973. The number of β-amino-alcohol motifs (C(OH)–C–C–N with tert-alkyl or cyclic N) is 1. The molecule has 8 nitrogen and oxygen atoms in total. The number of aliphatic hydroxyl groups excluding tert-OH is 1. The SMILES string of the molecule is CC(C)N1CCC(c2cc3c(cc2F)c(N2CCC(=O)NC2=O)nn3C)C(O)C1. The summed E-state index contributed by atoms with van der Waals surface area (Å²) in [6.45, 7) is 5.68. The molecule has 1 aromatic carbocycles. The lowest BCUT2D eigenvalue weighted by molar-refractivity contribution is -0.120. The van der Waals surface area contributed by atoms with Crippen LogP contribution in [0.1, 0.15) is 38.2 Å². The summed E-state index contributed by atoms with van der Waals surface area (Å²) >= 11 is 0. The molecule has 0 radical (unpaired) electrons. The number of urea groups is 1. The van der Waals surface area contributed by atoms with Gasteiger partial charge in [0, 0.05) is 43.9 Å². The van der Waals surface area contributed by atoms with E-state index in [4.69, 9.17) is 0 Å². The largest absolute Gasteiger partial charge is 0.391 e. The monoisotopic (exact) mass is 403 g/mol. The number of aliphatic hydroxyl groups is 1. The Morgan fingerprint density at radius 2 is 2.03 bits per heavy atom. The fourth-order valence-corrected chi connectivity index (χ4v) is 4.31. The van der Waals surface area contributed by atoms with Gasteiger partial charge in [-0.25, -0.2) is 9.18 Å². The van der Waals surface area contributed by atoms with E-state index in [9.17, 15) is 14.7 Å². The van der Waals surface area contributed by atoms with Crippen LogP contribution in [0.3, 0.4) is 0 Å². The van der Waals surface area contributed by atoms with Crippen LogP contribution in [0, 0.1) is 5.82 Å². The maximum Gasteiger partial charge on any atom is 0.329 e. The third kappa shape index (κ3) is 3.49. The number of nitrogens with zero attached hydrogens (tertiary/aromatic N) is 4. The number of likely N-dealkylation sites (tertiary alicyclic amines) is 1. The lowest BCUT2D eigenvalue weighted by atomic mass is 9.86. The molecule has 2 aliphatic heterocycles. The van der Waals surface area contributed by atoms with E-state index in [1.165, 1.54) is 11.0 Å². The van der Waals surface area contributed by atoms with Crippen LogP contribution in [-0.2, 0) is 11.8 Å². The maximum atomic E-state index is 15.1. The number of piperidine rings is 1. The number of carbonyl (C=O) groups is 2. The second kappa shape index (κ2) is 7.38. The Morgan fingerprint density at radius 1 is 1.28 bits per heavy atom. The average molecular weight is 403 g/mol. The van der Waals surface area contributed by atoms with Crippen LogP contribution in [0.5, 0.6) is 0 Å². The van der Waals surface area contributed by atoms with E-state index < -0.39 is 18.0 Å². The zero-order valence-corrected chi connectivity index (χ0v) is 16.9. The van der Waals surface area contributed by atoms with Crippen molar-refractivity contribution < 1.29 is 19.1 Å². The number of fused-ring (bicyclic) bond motifs is 1. The van der Waals surface area contributed by atoms with Crippen molar-refractivity contribution in [3.8, 4) is 0 Å². The summed E-state index contributed by atoms with van der Waals surface area (Å²) in [4.78, 5) is 27.2. The third-order valence-corrected chi connectivity index (χ3v) is 6.00. The number of benzene rings is 1. The van der Waals surface area contributed by atoms with Gasteiger partial charge in [-0.2, -0.15) is 5.10 Å². The number of aryl methyl sites for hydroxylation is 1. The summed E-state index contributed by atoms with van der Waals surface area (Å²) in [5.74, 6) is -0.708. The van der Waals surface area contributed by atoms with Crippen molar-refractivity contribution in [2.45, 2.75) is 44.8 Å². The lowest BCUT2D eigenvalue weighted by Crippen LogP contribution is -2.49. The van der Waals surface area contributed by atoms with E-state index >= 15 is 4.39 Å². The number of nitrogens with one attached hydrogen (secondary N) is 1. The molecule has 29 heavy (non-hydrogen) atoms. The highest BCUT2D eigenvalue weighted by molar-refractivity contribution is 6.08. The van der Waals surface area contributed by atoms with E-state index in [1.54, 1.807) is 17.8 Å². The van der Waals surface area contributed by atoms with Crippen LogP contribution in [0.25, 0.3) is 10.9 Å². The molecule has 2 unspecified atom stereocenters. The van der Waals surface area contributed by atoms with Gasteiger partial charge in [-0.3, -0.25) is 24.6 Å². The highest BCUT2D eigenvalue weighted by atomic mass is 19.1. The Balaban J connectivity index is 1.69. The molecule has 156 valence electrons. The minimum atomic E-state index is -0.648. The van der Waals surface area contributed by atoms with E-state index in [2.05, 4.69) is 29.2 Å². The van der Waals surface area contributed by atoms with Gasteiger partial charge in [0.25, 0.3) is 0 Å². The molecule has 0 aliphatic carbocycles. The van der Waals surface area contributed by atoms with Crippen molar-refractivity contribution in [3.63, 3.8) is 0 Å². The fourth-order valence-electron chi connectivity index (χ4n) is 4.31. The molecule has 1 aromatic heterocycles. The van der Waals surface area contributed by atoms with Crippen molar-refractivity contribution in [2.24, 2.45) is 7.05 Å². The van der Waals surface area contributed by atoms with Gasteiger partial charge in [0.1, 0.15) is 5.82 Å². The van der Waals surface area contributed by atoms with E-state index in [0.29, 0.717) is 41.3 Å². The molecule has 2 fully saturated rings. The predicted octanol–water partition coefficient (Wildman–Crippen LogP) is 1.72. The highest BCUT2D eigenvalue weighted by Crippen LogP contribution is 2.36. The molecule has 4 rings (SSSR count). The summed E-state index contributed by atoms with van der Waals surface area (Å²) < 4.78 is 16.7. The van der Waals surface area contributed by atoms with Crippen molar-refractivity contribution >= 4 is 28.7 Å². The maximum absolute atomic E-state index is 15.1. The zero-order chi connectivity index (χ0) is 20.9. The normalized spacial score (nSPS) is 23.9. The van der Waals surface area contributed by atoms with Crippen LogP contribution < -0.4 is 10.2 Å². The van der Waals surface area contributed by atoms with Gasteiger partial charge < -0.3 is 5.11 Å². The topological polar surface area (TPSA) is 90.7 Å². The van der Waals surface area contributed by atoms with Crippen molar-refractivity contribution in [1.82, 2.24) is 20.0 Å². The predicted molar refractivity (Wildman–Crippen MR) is 106 cm³/mol. The van der Waals surface area contributed by atoms with Crippen LogP contribution in [-0.4, -0.2) is 63.5 Å². The van der Waals surface area contributed by atoms with E-state index in [-0.39, 0.29) is 24.8 Å². The first-order valence-electron chi connectivity index (χ1n) is 9.96. The molecular weight excluding hydrogens is 377 g/mol. The number of amides is 3. The molecule has 2 aliphatic rings. The number of halogens is 1. The van der Waals surface area contributed by atoms with Gasteiger partial charge in [-0.05, 0) is 44.5 Å². The molecule has 9 heteroatoms. The minimum Gasteiger partial charge on any atom is -0.391 e. The average Bonchev–Trinajstić information content (AvgIpc) is 2.96. The Labute approximate surface area is 168 Å². The summed E-state index contributed by atoms with van der Waals surface area (Å²) in [6.07, 6.45) is 0.193. The molecule has 0 saturated carbocycles. The molecule has 3 amide bonds. The van der Waals surface area contributed by atoms with Crippen LogP contribution in [0.15, 0.2) is 12.1 Å². The number of hydrogen-bond acceptors (Lipinski definition) is 5. The molecular formula is C20H26FN5O3. The second-order valence-electron chi connectivity index (χ2n) is 8.14. The first-order chi connectivity index (χ1) is 13.8. The molecule has 2 N–H and O–H groups in total. The number of anilines is 1. The summed E-state index contributed by atoms with van der Waals surface area (Å²) in [5.41, 5.74) is 1.15. The fraction of sp³-hybridized carbons (Fsp3) is 0.550. The summed E-state index contributed by atoms with van der Waals surface area (Å²) in [5, 5.41) is 17.8. The van der Waals surface area contributed by atoms with Crippen molar-refractivity contribution in [2.75, 3.05) is 24.5 Å². The third-order valence-electron chi connectivity index (χ3n) is 6.00. The minimum absolute atomic E-state index is 0.172. The number of carbonyl (C=O) groups excluding carboxylic acids is 2. The molecule has 0 bridgehead atoms. The standard InChI is InChI=1S/C20H26FN5O3/c1-11(2)25-6-4-12(17(27)10-25)13-9-16-14(8-15(13)21)19(23-24(16)3)26-7-5-18(28)22-20(26)29/h8-9,11-12,17,27H,4-7,10H2,1-3H3,(H,22,28,29). The number of hydrogen-bond donors (Lipinski definition) is 2. The van der Waals surface area contributed by atoms with Gasteiger partial charge in [-0.1, -0.05) is 0 Å². The smallest absolute Gasteiger partial charge is 0.329 e. The van der Waals surface area contributed by atoms with Crippen molar-refractivity contribution in [1.29, 1.82) is 0 Å².